The Morgan fingerprint density at radius 2 is 2.11 bits per heavy atom. The lowest BCUT2D eigenvalue weighted by atomic mass is 9.92. The Bertz CT molecular complexity index is 409. The van der Waals surface area contributed by atoms with E-state index < -0.39 is 0 Å². The molecule has 0 aliphatic rings. The molecule has 0 bridgehead atoms. The molecular formula is C14H23N3O2. The van der Waals surface area contributed by atoms with E-state index in [9.17, 15) is 4.79 Å². The Morgan fingerprint density at radius 3 is 2.63 bits per heavy atom. The molecule has 0 saturated heterocycles. The highest BCUT2D eigenvalue weighted by Crippen LogP contribution is 2.23. The molecule has 0 amide bonds. The molecule has 1 heterocycles. The summed E-state index contributed by atoms with van der Waals surface area (Å²) in [7, 11) is 0. The molecule has 19 heavy (non-hydrogen) atoms. The first kappa shape index (κ1) is 15.4. The summed E-state index contributed by atoms with van der Waals surface area (Å²) in [6.45, 7) is 6.74. The number of carbonyl (C=O) groups is 1. The largest absolute Gasteiger partial charge is 0.462 e. The van der Waals surface area contributed by atoms with Crippen molar-refractivity contribution in [2.45, 2.75) is 39.2 Å². The molecule has 1 aromatic rings. The predicted molar refractivity (Wildman–Crippen MR) is 76.2 cm³/mol. The minimum absolute atomic E-state index is 0.240. The van der Waals surface area contributed by atoms with Gasteiger partial charge in [0.2, 0.25) is 0 Å². The summed E-state index contributed by atoms with van der Waals surface area (Å²) in [4.78, 5) is 16.1. The Labute approximate surface area is 114 Å². The molecule has 0 spiro atoms. The molecule has 0 aromatic carbocycles. The maximum Gasteiger partial charge on any atom is 0.341 e. The van der Waals surface area contributed by atoms with Crippen LogP contribution in [0.1, 0.15) is 44.0 Å². The molecule has 5 nitrogen and oxygen atoms in total. The van der Waals surface area contributed by atoms with Crippen LogP contribution in [0.2, 0.25) is 0 Å². The van der Waals surface area contributed by atoms with E-state index in [-0.39, 0.29) is 11.5 Å². The standard InChI is InChI=1S/C14H23N3O2/c1-4-14(5-2,10-15)17-12-11(8-7-9-16-12)13(18)19-6-3/h7-9H,4-6,10,15H2,1-3H3,(H,16,17). The number of nitrogens with zero attached hydrogens (tertiary/aromatic N) is 1. The van der Waals surface area contributed by atoms with Gasteiger partial charge in [-0.1, -0.05) is 13.8 Å². The van der Waals surface area contributed by atoms with Gasteiger partial charge in [-0.25, -0.2) is 9.78 Å². The topological polar surface area (TPSA) is 77.2 Å². The summed E-state index contributed by atoms with van der Waals surface area (Å²) in [6.07, 6.45) is 3.37. The number of anilines is 1. The summed E-state index contributed by atoms with van der Waals surface area (Å²) in [6, 6.07) is 3.43. The van der Waals surface area contributed by atoms with Crippen LogP contribution in [0.4, 0.5) is 5.82 Å². The van der Waals surface area contributed by atoms with Crippen LogP contribution >= 0.6 is 0 Å². The first-order chi connectivity index (χ1) is 9.12. The second kappa shape index (κ2) is 7.09. The highest BCUT2D eigenvalue weighted by molar-refractivity contribution is 5.94. The molecule has 0 fully saturated rings. The van der Waals surface area contributed by atoms with Crippen LogP contribution in [0.3, 0.4) is 0 Å². The average molecular weight is 265 g/mol. The van der Waals surface area contributed by atoms with E-state index in [0.717, 1.165) is 12.8 Å². The summed E-state index contributed by atoms with van der Waals surface area (Å²) < 4.78 is 5.03. The molecule has 1 aromatic heterocycles. The van der Waals surface area contributed by atoms with E-state index in [2.05, 4.69) is 24.1 Å². The summed E-state index contributed by atoms with van der Waals surface area (Å²) in [5.74, 6) is 0.173. The zero-order chi connectivity index (χ0) is 14.3. The quantitative estimate of drug-likeness (QED) is 0.739. The van der Waals surface area contributed by atoms with Crippen LogP contribution < -0.4 is 11.1 Å². The number of aromatic nitrogens is 1. The maximum absolute atomic E-state index is 11.9. The van der Waals surface area contributed by atoms with Gasteiger partial charge in [0, 0.05) is 12.7 Å². The van der Waals surface area contributed by atoms with Gasteiger partial charge in [0.1, 0.15) is 11.4 Å². The summed E-state index contributed by atoms with van der Waals surface area (Å²) in [5.41, 5.74) is 6.06. The van der Waals surface area contributed by atoms with Crippen molar-refractivity contribution in [3.63, 3.8) is 0 Å². The Balaban J connectivity index is 3.03. The lowest BCUT2D eigenvalue weighted by molar-refractivity contribution is 0.0527. The van der Waals surface area contributed by atoms with Crippen LogP contribution in [0.5, 0.6) is 0 Å². The van der Waals surface area contributed by atoms with Gasteiger partial charge in [-0.3, -0.25) is 0 Å². The monoisotopic (exact) mass is 265 g/mol. The number of carbonyl (C=O) groups excluding carboxylic acids is 1. The van der Waals surface area contributed by atoms with E-state index >= 15 is 0 Å². The van der Waals surface area contributed by atoms with Gasteiger partial charge in [0.05, 0.1) is 12.1 Å². The number of hydrogen-bond donors (Lipinski definition) is 2. The van der Waals surface area contributed by atoms with Crippen molar-refractivity contribution in [3.8, 4) is 0 Å². The first-order valence-corrected chi connectivity index (χ1v) is 6.72. The third-order valence-electron chi connectivity index (χ3n) is 3.43. The van der Waals surface area contributed by atoms with Crippen molar-refractivity contribution in [1.82, 2.24) is 4.98 Å². The predicted octanol–water partition coefficient (Wildman–Crippen LogP) is 2.19. The SMILES string of the molecule is CCOC(=O)c1cccnc1NC(CC)(CC)CN. The number of pyridine rings is 1. The molecular weight excluding hydrogens is 242 g/mol. The zero-order valence-electron chi connectivity index (χ0n) is 11.9. The van der Waals surface area contributed by atoms with Crippen molar-refractivity contribution >= 4 is 11.8 Å². The lowest BCUT2D eigenvalue weighted by Crippen LogP contribution is -2.45. The van der Waals surface area contributed by atoms with E-state index in [1.54, 1.807) is 25.3 Å². The third-order valence-corrected chi connectivity index (χ3v) is 3.43. The lowest BCUT2D eigenvalue weighted by Gasteiger charge is -2.32. The molecule has 0 unspecified atom stereocenters. The molecule has 0 aliphatic heterocycles. The highest BCUT2D eigenvalue weighted by atomic mass is 16.5. The van der Waals surface area contributed by atoms with Crippen LogP contribution in [0.25, 0.3) is 0 Å². The Morgan fingerprint density at radius 1 is 1.42 bits per heavy atom. The normalized spacial score (nSPS) is 11.2. The second-order valence-electron chi connectivity index (χ2n) is 4.44. The molecule has 106 valence electrons. The molecule has 3 N–H and O–H groups in total. The third kappa shape index (κ3) is 3.67. The number of rotatable bonds is 7. The number of ether oxygens (including phenoxy) is 1. The molecule has 1 rings (SSSR count). The molecule has 0 aliphatic carbocycles. The fourth-order valence-corrected chi connectivity index (χ4v) is 1.90. The first-order valence-electron chi connectivity index (χ1n) is 6.72. The number of esters is 1. The van der Waals surface area contributed by atoms with Crippen molar-refractivity contribution in [2.75, 3.05) is 18.5 Å². The van der Waals surface area contributed by atoms with Crippen molar-refractivity contribution in [2.24, 2.45) is 5.73 Å². The van der Waals surface area contributed by atoms with E-state index in [1.165, 1.54) is 0 Å². The van der Waals surface area contributed by atoms with Gasteiger partial charge in [0.25, 0.3) is 0 Å². The minimum Gasteiger partial charge on any atom is -0.462 e. The smallest absolute Gasteiger partial charge is 0.341 e. The number of hydrogen-bond acceptors (Lipinski definition) is 5. The number of nitrogens with two attached hydrogens (primary N) is 1. The molecule has 0 saturated carbocycles. The van der Waals surface area contributed by atoms with Gasteiger partial charge >= 0.3 is 5.97 Å². The van der Waals surface area contributed by atoms with Crippen molar-refractivity contribution in [1.29, 1.82) is 0 Å². The Hall–Kier alpha value is -1.62. The van der Waals surface area contributed by atoms with Crippen LogP contribution in [-0.2, 0) is 4.74 Å². The molecule has 5 heteroatoms. The second-order valence-corrected chi connectivity index (χ2v) is 4.44. The van der Waals surface area contributed by atoms with Gasteiger partial charge < -0.3 is 15.8 Å². The van der Waals surface area contributed by atoms with Crippen LogP contribution in [0.15, 0.2) is 18.3 Å². The van der Waals surface area contributed by atoms with Gasteiger partial charge in [-0.15, -0.1) is 0 Å². The van der Waals surface area contributed by atoms with Crippen LogP contribution in [0, 0.1) is 0 Å². The van der Waals surface area contributed by atoms with Gasteiger partial charge in [-0.2, -0.15) is 0 Å². The summed E-state index contributed by atoms with van der Waals surface area (Å²) >= 11 is 0. The Kier molecular flexibility index (Phi) is 5.76. The summed E-state index contributed by atoms with van der Waals surface area (Å²) in [5, 5.41) is 3.31. The molecule has 0 atom stereocenters. The molecule has 0 radical (unpaired) electrons. The van der Waals surface area contributed by atoms with Crippen molar-refractivity contribution in [3.05, 3.63) is 23.9 Å². The van der Waals surface area contributed by atoms with E-state index in [1.807, 2.05) is 0 Å². The van der Waals surface area contributed by atoms with Crippen LogP contribution in [-0.4, -0.2) is 29.6 Å². The van der Waals surface area contributed by atoms with Gasteiger partial charge in [0.15, 0.2) is 0 Å². The van der Waals surface area contributed by atoms with Crippen molar-refractivity contribution < 1.29 is 9.53 Å². The van der Waals surface area contributed by atoms with E-state index in [0.29, 0.717) is 24.5 Å². The number of nitrogens with one attached hydrogen (secondary N) is 1. The minimum atomic E-state index is -0.365. The van der Waals surface area contributed by atoms with Gasteiger partial charge in [-0.05, 0) is 31.9 Å². The fourth-order valence-electron chi connectivity index (χ4n) is 1.90. The van der Waals surface area contributed by atoms with E-state index in [4.69, 9.17) is 10.5 Å². The highest BCUT2D eigenvalue weighted by Gasteiger charge is 2.26. The maximum atomic E-state index is 11.9. The zero-order valence-corrected chi connectivity index (χ0v) is 11.9. The average Bonchev–Trinajstić information content (AvgIpc) is 2.45. The fraction of sp³-hybridized carbons (Fsp3) is 0.571.